The molecule has 4 nitrogen and oxygen atoms in total. The van der Waals surface area contributed by atoms with Gasteiger partial charge in [-0.2, -0.15) is 15.3 Å². The number of allylic oxidation sites excluding steroid dienone is 7. The highest BCUT2D eigenvalue weighted by Crippen LogP contribution is 2.37. The molecule has 31 heavy (non-hydrogen) atoms. The maximum absolute atomic E-state index is 11.0. The van der Waals surface area contributed by atoms with Crippen LogP contribution in [0.25, 0.3) is 0 Å². The van der Waals surface area contributed by atoms with E-state index in [1.165, 1.54) is 16.9 Å². The second kappa shape index (κ2) is 12.5. The largest absolute Gasteiger partial charge is 0.386 e. The molecule has 1 N–H and O–H groups in total. The van der Waals surface area contributed by atoms with Crippen LogP contribution in [0.5, 0.6) is 0 Å². The normalized spacial score (nSPS) is 20.1. The van der Waals surface area contributed by atoms with E-state index >= 15 is 0 Å². The lowest BCUT2D eigenvalue weighted by Crippen LogP contribution is -2.37. The highest BCUT2D eigenvalue weighted by molar-refractivity contribution is 8.06. The molecule has 0 saturated carbocycles. The van der Waals surface area contributed by atoms with Gasteiger partial charge in [-0.25, -0.2) is 0 Å². The smallest absolute Gasteiger partial charge is 0.105 e. The third-order valence-corrected chi connectivity index (χ3v) is 5.49. The van der Waals surface area contributed by atoms with Crippen LogP contribution in [-0.2, 0) is 0 Å². The van der Waals surface area contributed by atoms with Crippen molar-refractivity contribution in [1.29, 1.82) is 0 Å². The molecule has 0 aromatic carbocycles. The molecular weight excluding hydrogens is 402 g/mol. The lowest BCUT2D eigenvalue weighted by Gasteiger charge is -2.37. The Morgan fingerprint density at radius 2 is 1.84 bits per heavy atom. The second-order valence-corrected chi connectivity index (χ2v) is 9.88. The minimum atomic E-state index is -0.708. The molecular formula is C26H37N3OS. The molecule has 5 heteroatoms. The van der Waals surface area contributed by atoms with Crippen molar-refractivity contribution in [2.24, 2.45) is 27.5 Å². The molecule has 0 fully saturated rings. The second-order valence-electron chi connectivity index (χ2n) is 8.85. The molecule has 0 aliphatic heterocycles. The monoisotopic (exact) mass is 439 g/mol. The minimum Gasteiger partial charge on any atom is -0.386 e. The Bertz CT molecular complexity index is 835. The first-order valence-corrected chi connectivity index (χ1v) is 11.3. The van der Waals surface area contributed by atoms with Gasteiger partial charge < -0.3 is 5.11 Å². The van der Waals surface area contributed by atoms with Crippen molar-refractivity contribution < 1.29 is 5.11 Å². The summed E-state index contributed by atoms with van der Waals surface area (Å²) >= 11 is 1.50. The van der Waals surface area contributed by atoms with Gasteiger partial charge in [0.1, 0.15) is 6.10 Å². The Morgan fingerprint density at radius 3 is 2.42 bits per heavy atom. The van der Waals surface area contributed by atoms with E-state index in [0.29, 0.717) is 11.6 Å². The van der Waals surface area contributed by atoms with Crippen molar-refractivity contribution in [3.05, 3.63) is 83.3 Å². The Hall–Kier alpha value is -2.37. The molecule has 0 spiro atoms. The fourth-order valence-electron chi connectivity index (χ4n) is 2.79. The summed E-state index contributed by atoms with van der Waals surface area (Å²) in [5.74, 6) is 0.380. The predicted molar refractivity (Wildman–Crippen MR) is 139 cm³/mol. The summed E-state index contributed by atoms with van der Waals surface area (Å²) in [5.41, 5.74) is 2.68. The van der Waals surface area contributed by atoms with Gasteiger partial charge >= 0.3 is 0 Å². The average Bonchev–Trinajstić information content (AvgIpc) is 2.68. The molecule has 0 amide bonds. The van der Waals surface area contributed by atoms with E-state index in [2.05, 4.69) is 70.6 Å². The predicted octanol–water partition coefficient (Wildman–Crippen LogP) is 6.84. The van der Waals surface area contributed by atoms with Crippen LogP contribution in [0.2, 0.25) is 0 Å². The van der Waals surface area contributed by atoms with E-state index in [9.17, 15) is 5.11 Å². The summed E-state index contributed by atoms with van der Waals surface area (Å²) in [5, 5.41) is 23.1. The summed E-state index contributed by atoms with van der Waals surface area (Å²) < 4.78 is 0. The molecule has 0 aromatic heterocycles. The van der Waals surface area contributed by atoms with Crippen molar-refractivity contribution in [2.75, 3.05) is 0 Å². The van der Waals surface area contributed by atoms with Gasteiger partial charge in [0.05, 0.1) is 11.9 Å². The van der Waals surface area contributed by atoms with Crippen LogP contribution in [0, 0.1) is 17.3 Å². The highest BCUT2D eigenvalue weighted by Gasteiger charge is 2.36. The van der Waals surface area contributed by atoms with Gasteiger partial charge in [0, 0.05) is 17.0 Å². The lowest BCUT2D eigenvalue weighted by atomic mass is 9.73. The van der Waals surface area contributed by atoms with E-state index < -0.39 is 6.10 Å². The van der Waals surface area contributed by atoms with Gasteiger partial charge in [-0.3, -0.25) is 0 Å². The Morgan fingerprint density at radius 1 is 1.19 bits per heavy atom. The van der Waals surface area contributed by atoms with Crippen molar-refractivity contribution in [3.8, 4) is 0 Å². The molecule has 0 aromatic rings. The van der Waals surface area contributed by atoms with Crippen LogP contribution < -0.4 is 0 Å². The van der Waals surface area contributed by atoms with Gasteiger partial charge in [0.2, 0.25) is 0 Å². The van der Waals surface area contributed by atoms with Gasteiger partial charge in [-0.1, -0.05) is 89.4 Å². The lowest BCUT2D eigenvalue weighted by molar-refractivity contribution is 0.0716. The van der Waals surface area contributed by atoms with Crippen LogP contribution in [0.4, 0.5) is 0 Å². The molecule has 2 atom stereocenters. The zero-order valence-electron chi connectivity index (χ0n) is 19.7. The molecule has 0 saturated heterocycles. The number of hydrogen-bond acceptors (Lipinski definition) is 5. The van der Waals surface area contributed by atoms with Gasteiger partial charge in [-0.15, -0.1) is 0 Å². The quantitative estimate of drug-likeness (QED) is 0.230. The number of thioether (sulfide) groups is 1. The molecule has 0 radical (unpaired) electrons. The summed E-state index contributed by atoms with van der Waals surface area (Å²) in [6, 6.07) is 0. The van der Waals surface area contributed by atoms with Crippen LogP contribution >= 0.6 is 11.8 Å². The minimum absolute atomic E-state index is 0.0362. The molecule has 1 aliphatic carbocycles. The third-order valence-electron chi connectivity index (χ3n) is 4.76. The number of aliphatic hydroxyl groups is 1. The maximum atomic E-state index is 11.0. The molecule has 1 aliphatic rings. The van der Waals surface area contributed by atoms with Crippen molar-refractivity contribution >= 4 is 24.2 Å². The summed E-state index contributed by atoms with van der Waals surface area (Å²) in [6.45, 7) is 24.3. The molecule has 1 rings (SSSR count). The summed E-state index contributed by atoms with van der Waals surface area (Å²) in [6.07, 6.45) is 13.9. The average molecular weight is 440 g/mol. The van der Waals surface area contributed by atoms with Gasteiger partial charge in [0.15, 0.2) is 0 Å². The van der Waals surface area contributed by atoms with E-state index in [1.54, 1.807) is 18.5 Å². The van der Waals surface area contributed by atoms with Crippen LogP contribution in [0.3, 0.4) is 0 Å². The van der Waals surface area contributed by atoms with Gasteiger partial charge in [0.25, 0.3) is 0 Å². The Kier molecular flexibility index (Phi) is 10.7. The van der Waals surface area contributed by atoms with Crippen LogP contribution in [0.15, 0.2) is 93.6 Å². The number of rotatable bonds is 10. The SMILES string of the molecule is C=C/C=N/N(/N=C/C=C/SC(=C)/C=C\C(=C)C(C)C)C1=CC(C)=CC(C(C)(C)C)C1O. The topological polar surface area (TPSA) is 48.2 Å². The number of aliphatic hydroxyl groups excluding tert-OH is 1. The molecule has 0 bridgehead atoms. The Balaban J connectivity index is 2.91. The first kappa shape index (κ1) is 26.7. The number of hydrazone groups is 2. The summed E-state index contributed by atoms with van der Waals surface area (Å²) in [4.78, 5) is 0.909. The van der Waals surface area contributed by atoms with E-state index in [0.717, 1.165) is 16.1 Å². The van der Waals surface area contributed by atoms with E-state index in [-0.39, 0.29) is 11.3 Å². The molecule has 2 unspecified atom stereocenters. The van der Waals surface area contributed by atoms with Gasteiger partial charge in [-0.05, 0) is 48.0 Å². The zero-order chi connectivity index (χ0) is 23.6. The first-order valence-electron chi connectivity index (χ1n) is 10.4. The highest BCUT2D eigenvalue weighted by atomic mass is 32.2. The van der Waals surface area contributed by atoms with Crippen molar-refractivity contribution in [3.63, 3.8) is 0 Å². The zero-order valence-corrected chi connectivity index (χ0v) is 20.6. The standard InChI is InChI=1S/C26H37N3OS/c1-10-14-27-29(24-18-20(4)17-23(25(24)30)26(7,8)9)28-15-11-16-31-22(6)13-12-21(5)19(2)3/h10-19,23,25,30H,1,5-6H2,2-4,7-9H3/b13-12-,16-11+,27-14+,28-15+. The van der Waals surface area contributed by atoms with Crippen LogP contribution in [-0.4, -0.2) is 28.8 Å². The Labute approximate surface area is 192 Å². The fourth-order valence-corrected chi connectivity index (χ4v) is 3.26. The molecule has 0 heterocycles. The van der Waals surface area contributed by atoms with Crippen LogP contribution in [0.1, 0.15) is 41.5 Å². The number of nitrogens with zero attached hydrogens (tertiary/aromatic N) is 3. The maximum Gasteiger partial charge on any atom is 0.105 e. The van der Waals surface area contributed by atoms with E-state index in [1.807, 2.05) is 36.6 Å². The van der Waals surface area contributed by atoms with E-state index in [4.69, 9.17) is 0 Å². The fraction of sp³-hybridized carbons (Fsp3) is 0.385. The van der Waals surface area contributed by atoms with Crippen molar-refractivity contribution in [1.82, 2.24) is 5.12 Å². The third kappa shape index (κ3) is 9.11. The first-order chi connectivity index (χ1) is 14.5. The number of hydrogen-bond donors (Lipinski definition) is 1. The van der Waals surface area contributed by atoms with Crippen molar-refractivity contribution in [2.45, 2.75) is 47.6 Å². The summed E-state index contributed by atoms with van der Waals surface area (Å²) in [7, 11) is 0. The molecule has 168 valence electrons.